The molecule has 0 bridgehead atoms. The zero-order chi connectivity index (χ0) is 13.0. The van der Waals surface area contributed by atoms with E-state index in [1.54, 1.807) is 19.9 Å². The molecule has 2 N–H and O–H groups in total. The number of carbonyl (C=O) groups is 1. The lowest BCUT2D eigenvalue weighted by molar-refractivity contribution is -0.384. The predicted octanol–water partition coefficient (Wildman–Crippen LogP) is 2.18. The third-order valence-corrected chi connectivity index (χ3v) is 2.30. The number of nitro benzene ring substituents is 1. The highest BCUT2D eigenvalue weighted by atomic mass is 16.6. The predicted molar refractivity (Wildman–Crippen MR) is 63.2 cm³/mol. The van der Waals surface area contributed by atoms with E-state index in [2.05, 4.69) is 5.32 Å². The van der Waals surface area contributed by atoms with Crippen molar-refractivity contribution in [3.8, 4) is 0 Å². The van der Waals surface area contributed by atoms with E-state index in [1.807, 2.05) is 0 Å². The van der Waals surface area contributed by atoms with E-state index in [4.69, 9.17) is 5.11 Å². The molecule has 1 atom stereocenters. The van der Waals surface area contributed by atoms with Gasteiger partial charge in [-0.3, -0.25) is 14.9 Å². The first-order chi connectivity index (χ1) is 7.90. The highest BCUT2D eigenvalue weighted by Gasteiger charge is 2.11. The number of carboxylic acid groups (broad SMARTS) is 1. The molecule has 1 rings (SSSR count). The van der Waals surface area contributed by atoms with Crippen molar-refractivity contribution in [3.05, 3.63) is 33.9 Å². The van der Waals surface area contributed by atoms with E-state index in [9.17, 15) is 14.9 Å². The van der Waals surface area contributed by atoms with Crippen LogP contribution in [-0.2, 0) is 4.79 Å². The second kappa shape index (κ2) is 5.29. The van der Waals surface area contributed by atoms with Gasteiger partial charge in [0.25, 0.3) is 5.69 Å². The van der Waals surface area contributed by atoms with Gasteiger partial charge >= 0.3 is 5.97 Å². The van der Waals surface area contributed by atoms with Crippen LogP contribution in [0.15, 0.2) is 18.2 Å². The Bertz CT molecular complexity index is 445. The van der Waals surface area contributed by atoms with Gasteiger partial charge in [0.15, 0.2) is 0 Å². The summed E-state index contributed by atoms with van der Waals surface area (Å²) >= 11 is 0. The van der Waals surface area contributed by atoms with Crippen molar-refractivity contribution in [1.29, 1.82) is 0 Å². The molecule has 0 fully saturated rings. The molecule has 0 saturated carbocycles. The van der Waals surface area contributed by atoms with E-state index in [0.717, 1.165) is 5.56 Å². The number of rotatable bonds is 5. The second-order valence-corrected chi connectivity index (χ2v) is 3.90. The third-order valence-electron chi connectivity index (χ3n) is 2.30. The number of aryl methyl sites for hydroxylation is 1. The number of hydrogen-bond acceptors (Lipinski definition) is 4. The van der Waals surface area contributed by atoms with Gasteiger partial charge in [0, 0.05) is 23.9 Å². The van der Waals surface area contributed by atoms with Gasteiger partial charge in [-0.25, -0.2) is 0 Å². The minimum Gasteiger partial charge on any atom is -0.481 e. The highest BCUT2D eigenvalue weighted by Crippen LogP contribution is 2.22. The van der Waals surface area contributed by atoms with E-state index < -0.39 is 10.9 Å². The lowest BCUT2D eigenvalue weighted by Gasteiger charge is -2.14. The van der Waals surface area contributed by atoms with Crippen molar-refractivity contribution in [2.45, 2.75) is 26.3 Å². The molecular weight excluding hydrogens is 224 g/mol. The summed E-state index contributed by atoms with van der Waals surface area (Å²) in [7, 11) is 0. The molecule has 92 valence electrons. The molecule has 6 heteroatoms. The molecule has 1 aromatic carbocycles. The quantitative estimate of drug-likeness (QED) is 0.605. The summed E-state index contributed by atoms with van der Waals surface area (Å²) in [6.07, 6.45) is -0.00354. The fraction of sp³-hybridized carbons (Fsp3) is 0.364. The fourth-order valence-electron chi connectivity index (χ4n) is 1.50. The zero-order valence-corrected chi connectivity index (χ0v) is 9.64. The van der Waals surface area contributed by atoms with Crippen LogP contribution in [0.5, 0.6) is 0 Å². The number of carboxylic acids is 1. The van der Waals surface area contributed by atoms with Crippen molar-refractivity contribution >= 4 is 17.3 Å². The van der Waals surface area contributed by atoms with Crippen LogP contribution in [0.1, 0.15) is 18.9 Å². The van der Waals surface area contributed by atoms with Gasteiger partial charge in [0.05, 0.1) is 11.3 Å². The highest BCUT2D eigenvalue weighted by molar-refractivity contribution is 5.68. The first-order valence-electron chi connectivity index (χ1n) is 5.13. The van der Waals surface area contributed by atoms with Gasteiger partial charge in [0.2, 0.25) is 0 Å². The maximum absolute atomic E-state index is 10.5. The maximum Gasteiger partial charge on any atom is 0.305 e. The number of non-ortho nitro benzene ring substituents is 1. The fourth-order valence-corrected chi connectivity index (χ4v) is 1.50. The van der Waals surface area contributed by atoms with E-state index in [1.165, 1.54) is 12.1 Å². The Kier molecular flexibility index (Phi) is 4.03. The largest absolute Gasteiger partial charge is 0.481 e. The Hall–Kier alpha value is -2.11. The zero-order valence-electron chi connectivity index (χ0n) is 9.64. The first kappa shape index (κ1) is 13.0. The van der Waals surface area contributed by atoms with E-state index in [0.29, 0.717) is 5.69 Å². The third kappa shape index (κ3) is 3.75. The van der Waals surface area contributed by atoms with Crippen LogP contribution in [0, 0.1) is 17.0 Å². The molecule has 0 saturated heterocycles. The van der Waals surface area contributed by atoms with Crippen LogP contribution in [0.4, 0.5) is 11.4 Å². The molecule has 0 heterocycles. The molecule has 0 radical (unpaired) electrons. The summed E-state index contributed by atoms with van der Waals surface area (Å²) in [5.41, 5.74) is 1.46. The topological polar surface area (TPSA) is 92.5 Å². The van der Waals surface area contributed by atoms with Gasteiger partial charge in [-0.1, -0.05) is 0 Å². The van der Waals surface area contributed by atoms with Gasteiger partial charge in [-0.2, -0.15) is 0 Å². The molecule has 6 nitrogen and oxygen atoms in total. The van der Waals surface area contributed by atoms with Gasteiger partial charge in [0.1, 0.15) is 0 Å². The summed E-state index contributed by atoms with van der Waals surface area (Å²) in [5, 5.41) is 22.2. The van der Waals surface area contributed by atoms with Gasteiger partial charge in [-0.15, -0.1) is 0 Å². The Morgan fingerprint density at radius 1 is 1.59 bits per heavy atom. The van der Waals surface area contributed by atoms with Crippen LogP contribution in [0.3, 0.4) is 0 Å². The number of hydrogen-bond donors (Lipinski definition) is 2. The molecule has 0 aliphatic heterocycles. The summed E-state index contributed by atoms with van der Waals surface area (Å²) in [4.78, 5) is 20.6. The Morgan fingerprint density at radius 3 is 2.71 bits per heavy atom. The number of aliphatic carboxylic acids is 1. The minimum absolute atomic E-state index is 0.00354. The standard InChI is InChI=1S/C11H14N2O4/c1-7-5-9(13(16)17)3-4-10(7)12-8(2)6-11(14)15/h3-5,8,12H,6H2,1-2H3,(H,14,15). The molecule has 0 aliphatic carbocycles. The first-order valence-corrected chi connectivity index (χ1v) is 5.13. The Balaban J connectivity index is 2.79. The maximum atomic E-state index is 10.5. The average Bonchev–Trinajstić information content (AvgIpc) is 2.19. The molecule has 17 heavy (non-hydrogen) atoms. The van der Waals surface area contributed by atoms with Crippen LogP contribution >= 0.6 is 0 Å². The number of nitro groups is 1. The minimum atomic E-state index is -0.885. The van der Waals surface area contributed by atoms with Crippen LogP contribution in [-0.4, -0.2) is 22.0 Å². The Morgan fingerprint density at radius 2 is 2.24 bits per heavy atom. The molecule has 0 amide bonds. The SMILES string of the molecule is Cc1cc([N+](=O)[O-])ccc1NC(C)CC(=O)O. The molecule has 0 spiro atoms. The average molecular weight is 238 g/mol. The summed E-state index contributed by atoms with van der Waals surface area (Å²) in [6.45, 7) is 3.48. The van der Waals surface area contributed by atoms with Crippen LogP contribution < -0.4 is 5.32 Å². The molecule has 1 aromatic rings. The van der Waals surface area contributed by atoms with Crippen molar-refractivity contribution in [2.24, 2.45) is 0 Å². The lowest BCUT2D eigenvalue weighted by atomic mass is 10.1. The van der Waals surface area contributed by atoms with Gasteiger partial charge < -0.3 is 10.4 Å². The van der Waals surface area contributed by atoms with E-state index >= 15 is 0 Å². The second-order valence-electron chi connectivity index (χ2n) is 3.90. The molecular formula is C11H14N2O4. The summed E-state index contributed by atoms with van der Waals surface area (Å²) in [5.74, 6) is -0.885. The number of benzene rings is 1. The van der Waals surface area contributed by atoms with E-state index in [-0.39, 0.29) is 18.2 Å². The monoisotopic (exact) mass is 238 g/mol. The summed E-state index contributed by atoms with van der Waals surface area (Å²) in [6, 6.07) is 4.21. The lowest BCUT2D eigenvalue weighted by Crippen LogP contribution is -2.19. The van der Waals surface area contributed by atoms with Crippen molar-refractivity contribution < 1.29 is 14.8 Å². The number of nitrogens with zero attached hydrogens (tertiary/aromatic N) is 1. The van der Waals surface area contributed by atoms with Crippen molar-refractivity contribution in [3.63, 3.8) is 0 Å². The van der Waals surface area contributed by atoms with Gasteiger partial charge in [-0.05, 0) is 25.5 Å². The number of nitrogens with one attached hydrogen (secondary N) is 1. The van der Waals surface area contributed by atoms with Crippen molar-refractivity contribution in [1.82, 2.24) is 0 Å². The normalized spacial score (nSPS) is 11.9. The molecule has 0 aliphatic rings. The number of anilines is 1. The molecule has 0 aromatic heterocycles. The Labute approximate surface area is 98.4 Å². The molecule has 1 unspecified atom stereocenters. The van der Waals surface area contributed by atoms with Crippen LogP contribution in [0.2, 0.25) is 0 Å². The summed E-state index contributed by atoms with van der Waals surface area (Å²) < 4.78 is 0. The van der Waals surface area contributed by atoms with Crippen molar-refractivity contribution in [2.75, 3.05) is 5.32 Å². The van der Waals surface area contributed by atoms with Crippen LogP contribution in [0.25, 0.3) is 0 Å². The smallest absolute Gasteiger partial charge is 0.305 e.